The maximum atomic E-state index is 14.2. The second-order valence-electron chi connectivity index (χ2n) is 17.2. The summed E-state index contributed by atoms with van der Waals surface area (Å²) in [5.41, 5.74) is 5.38. The molecule has 0 radical (unpaired) electrons. The first kappa shape index (κ1) is 45.6. The number of benzene rings is 3. The molecule has 6 rings (SSSR count). The van der Waals surface area contributed by atoms with Crippen LogP contribution in [0, 0.1) is 29.5 Å². The quantitative estimate of drug-likeness (QED) is 0.0961. The van der Waals surface area contributed by atoms with Crippen molar-refractivity contribution in [2.24, 2.45) is 23.7 Å². The van der Waals surface area contributed by atoms with Crippen molar-refractivity contribution in [3.63, 3.8) is 0 Å². The Kier molecular flexibility index (Phi) is 14.9. The Morgan fingerprint density at radius 3 is 1.47 bits per heavy atom. The predicted octanol–water partition coefficient (Wildman–Crippen LogP) is 8.30. The third-order valence-corrected chi connectivity index (χ3v) is 12.4. The minimum Gasteiger partial charge on any atom is -0.469 e. The molecule has 62 heavy (non-hydrogen) atoms. The van der Waals surface area contributed by atoms with Gasteiger partial charge in [-0.2, -0.15) is 0 Å². The molecule has 0 bridgehead atoms. The number of rotatable bonds is 17. The Hall–Kier alpha value is -5.91. The summed E-state index contributed by atoms with van der Waals surface area (Å²) in [6, 6.07) is 20.1. The van der Waals surface area contributed by atoms with E-state index in [2.05, 4.69) is 0 Å². The van der Waals surface area contributed by atoms with E-state index in [-0.39, 0.29) is 66.7 Å². The van der Waals surface area contributed by atoms with E-state index in [0.29, 0.717) is 44.5 Å². The predicted molar refractivity (Wildman–Crippen MR) is 232 cm³/mol. The number of halogens is 1. The van der Waals surface area contributed by atoms with Crippen molar-refractivity contribution in [3.8, 4) is 33.6 Å². The van der Waals surface area contributed by atoms with Gasteiger partial charge in [0.15, 0.2) is 11.6 Å². The normalized spacial score (nSPS) is 17.3. The monoisotopic (exact) mass is 848 g/mol. The van der Waals surface area contributed by atoms with Gasteiger partial charge < -0.3 is 23.7 Å². The number of nitrogens with zero attached hydrogens (tertiary/aromatic N) is 2. The Labute approximate surface area is 362 Å². The summed E-state index contributed by atoms with van der Waals surface area (Å²) in [6.07, 6.45) is 4.42. The highest BCUT2D eigenvalue weighted by molar-refractivity contribution is 5.95. The molecule has 11 nitrogen and oxygen atoms in total. The van der Waals surface area contributed by atoms with Gasteiger partial charge in [-0.1, -0.05) is 88.4 Å². The zero-order chi connectivity index (χ0) is 44.7. The lowest BCUT2D eigenvalue weighted by Gasteiger charge is -2.29. The van der Waals surface area contributed by atoms with Gasteiger partial charge in [-0.25, -0.2) is 4.39 Å². The van der Waals surface area contributed by atoms with E-state index in [9.17, 15) is 33.2 Å². The highest BCUT2D eigenvalue weighted by Crippen LogP contribution is 2.42. The molecule has 4 aromatic rings. The molecule has 2 saturated heterocycles. The van der Waals surface area contributed by atoms with Gasteiger partial charge in [0.25, 0.3) is 0 Å². The van der Waals surface area contributed by atoms with Crippen molar-refractivity contribution in [2.45, 2.75) is 91.1 Å². The van der Waals surface area contributed by atoms with Crippen molar-refractivity contribution in [1.82, 2.24) is 9.80 Å². The molecule has 2 aliphatic heterocycles. The van der Waals surface area contributed by atoms with Crippen LogP contribution >= 0.6 is 0 Å². The van der Waals surface area contributed by atoms with Gasteiger partial charge in [-0.05, 0) is 71.9 Å². The first-order chi connectivity index (χ1) is 29.7. The largest absolute Gasteiger partial charge is 0.469 e. The number of amides is 2. The minimum atomic E-state index is -0.567. The van der Waals surface area contributed by atoms with Crippen LogP contribution in [0.15, 0.2) is 83.5 Å². The first-order valence-electron chi connectivity index (χ1n) is 21.6. The number of esters is 2. The fourth-order valence-electron chi connectivity index (χ4n) is 8.80. The lowest BCUT2D eigenvalue weighted by Crippen LogP contribution is -2.45. The topological polar surface area (TPSA) is 140 Å². The number of hydrogen-bond acceptors (Lipinski definition) is 9. The van der Waals surface area contributed by atoms with E-state index in [1.54, 1.807) is 28.2 Å². The lowest BCUT2D eigenvalue weighted by molar-refractivity contribution is -0.149. The van der Waals surface area contributed by atoms with Crippen LogP contribution in [0.5, 0.6) is 0 Å². The SMILES string of the molecule is COC(=O)C[C@H](C(=O)N1CCC[C@H]1C(=O)Cc1ccc(-c2coc(-c3ccc(CC(=O)[C@@H]4CCCN4C(=O)[C@@H](CC(=O)OC)C(C)C)cc3)c2-c2ccc(F)cc2)cc1)C(C)C. The number of Topliss-reactive ketones (excluding diaryl/α,β-unsaturated/α-hetero) is 2. The lowest BCUT2D eigenvalue weighted by atomic mass is 9.90. The molecule has 0 spiro atoms. The molecule has 3 heterocycles. The number of methoxy groups -OCH3 is 2. The number of carbonyl (C=O) groups excluding carboxylic acids is 6. The van der Waals surface area contributed by atoms with Gasteiger partial charge in [0.2, 0.25) is 11.8 Å². The van der Waals surface area contributed by atoms with E-state index < -0.39 is 35.9 Å². The maximum absolute atomic E-state index is 14.2. The molecule has 2 aliphatic rings. The molecule has 1 aromatic heterocycles. The summed E-state index contributed by atoms with van der Waals surface area (Å²) in [7, 11) is 2.60. The Balaban J connectivity index is 1.18. The van der Waals surface area contributed by atoms with Gasteiger partial charge in [-0.15, -0.1) is 0 Å². The molecular weight excluding hydrogens is 792 g/mol. The van der Waals surface area contributed by atoms with Gasteiger partial charge in [0.05, 0.1) is 57.2 Å². The summed E-state index contributed by atoms with van der Waals surface area (Å²) in [6.45, 7) is 8.50. The number of carbonyl (C=O) groups is 6. The molecule has 0 N–H and O–H groups in total. The third-order valence-electron chi connectivity index (χ3n) is 12.4. The molecule has 0 aliphatic carbocycles. The number of ketones is 2. The smallest absolute Gasteiger partial charge is 0.306 e. The molecule has 3 aromatic carbocycles. The van der Waals surface area contributed by atoms with Gasteiger partial charge >= 0.3 is 11.9 Å². The number of furan rings is 1. The van der Waals surface area contributed by atoms with Crippen LogP contribution in [-0.2, 0) is 51.1 Å². The van der Waals surface area contributed by atoms with E-state index >= 15 is 0 Å². The van der Waals surface area contributed by atoms with Crippen molar-refractivity contribution in [3.05, 3.63) is 96.0 Å². The number of ether oxygens (including phenoxy) is 2. The van der Waals surface area contributed by atoms with E-state index in [4.69, 9.17) is 13.9 Å². The zero-order valence-electron chi connectivity index (χ0n) is 36.5. The number of likely N-dealkylation sites (tertiary alicyclic amines) is 2. The van der Waals surface area contributed by atoms with Crippen LogP contribution in [0.1, 0.15) is 77.3 Å². The van der Waals surface area contributed by atoms with Gasteiger partial charge in [0.1, 0.15) is 11.6 Å². The Bertz CT molecular complexity index is 2110. The average Bonchev–Trinajstić information content (AvgIpc) is 4.06. The van der Waals surface area contributed by atoms with Crippen LogP contribution in [-0.4, -0.2) is 84.5 Å². The minimum absolute atomic E-state index is 0.0287. The second-order valence-corrected chi connectivity index (χ2v) is 17.2. The summed E-state index contributed by atoms with van der Waals surface area (Å²) < 4.78 is 30.1. The van der Waals surface area contributed by atoms with Crippen LogP contribution in [0.2, 0.25) is 0 Å². The average molecular weight is 849 g/mol. The standard InChI is InChI=1S/C50H57FN2O9/c1-30(2)38(27-45(56)60-5)49(58)52-23-7-9-41(52)43(54)25-32-11-15-34(16-12-32)40-29-62-48(47(40)35-19-21-37(51)22-20-35)36-17-13-33(14-18-36)26-44(55)42-10-8-24-53(42)50(59)39(31(3)4)28-46(57)61-6/h11-22,29-31,38-39,41-42H,7-10,23-28H2,1-6H3/t38-,39-,41-,42-/m0/s1. The summed E-state index contributed by atoms with van der Waals surface area (Å²) in [5, 5.41) is 0. The van der Waals surface area contributed by atoms with Gasteiger partial charge in [0, 0.05) is 42.6 Å². The van der Waals surface area contributed by atoms with Crippen molar-refractivity contribution in [2.75, 3.05) is 27.3 Å². The molecule has 328 valence electrons. The fraction of sp³-hybridized carbons (Fsp3) is 0.440. The summed E-state index contributed by atoms with van der Waals surface area (Å²) in [4.78, 5) is 82.0. The van der Waals surface area contributed by atoms with E-state index in [1.807, 2.05) is 76.2 Å². The molecule has 0 saturated carbocycles. The highest BCUT2D eigenvalue weighted by atomic mass is 19.1. The highest BCUT2D eigenvalue weighted by Gasteiger charge is 2.40. The third kappa shape index (κ3) is 10.4. The van der Waals surface area contributed by atoms with Gasteiger partial charge in [-0.3, -0.25) is 28.8 Å². The van der Waals surface area contributed by atoms with Crippen LogP contribution in [0.3, 0.4) is 0 Å². The van der Waals surface area contributed by atoms with Crippen LogP contribution < -0.4 is 0 Å². The molecule has 0 unspecified atom stereocenters. The Morgan fingerprint density at radius 1 is 0.629 bits per heavy atom. The zero-order valence-corrected chi connectivity index (χ0v) is 36.5. The first-order valence-corrected chi connectivity index (χ1v) is 21.6. The van der Waals surface area contributed by atoms with Crippen molar-refractivity contribution in [1.29, 1.82) is 0 Å². The molecule has 2 amide bonds. The summed E-state index contributed by atoms with van der Waals surface area (Å²) >= 11 is 0. The Morgan fingerprint density at radius 2 is 1.05 bits per heavy atom. The van der Waals surface area contributed by atoms with E-state index in [1.165, 1.54) is 26.4 Å². The van der Waals surface area contributed by atoms with Crippen molar-refractivity contribution >= 4 is 35.3 Å². The molecule has 12 heteroatoms. The fourth-order valence-corrected chi connectivity index (χ4v) is 8.80. The number of hydrogen-bond donors (Lipinski definition) is 0. The maximum Gasteiger partial charge on any atom is 0.306 e. The van der Waals surface area contributed by atoms with E-state index in [0.717, 1.165) is 38.9 Å². The molecular formula is C50H57FN2O9. The van der Waals surface area contributed by atoms with Crippen molar-refractivity contribution < 1.29 is 47.0 Å². The van der Waals surface area contributed by atoms with Crippen LogP contribution in [0.25, 0.3) is 33.6 Å². The summed E-state index contributed by atoms with van der Waals surface area (Å²) in [5.74, 6) is -2.56. The van der Waals surface area contributed by atoms with Crippen LogP contribution in [0.4, 0.5) is 4.39 Å². The molecule has 2 fully saturated rings. The molecule has 4 atom stereocenters. The second kappa shape index (κ2) is 20.3.